The molecule has 0 saturated heterocycles. The molecule has 0 amide bonds. The van der Waals surface area contributed by atoms with E-state index in [4.69, 9.17) is 9.47 Å². The first-order valence-corrected chi connectivity index (χ1v) is 8.46. The molecule has 0 aromatic carbocycles. The maximum absolute atomic E-state index is 10.8. The molecule has 0 aliphatic rings. The Kier molecular flexibility index (Phi) is 14.6. The molecule has 0 bridgehead atoms. The van der Waals surface area contributed by atoms with Crippen LogP contribution in [0.2, 0.25) is 0 Å². The van der Waals surface area contributed by atoms with Crippen molar-refractivity contribution >= 4 is 35.5 Å². The third kappa shape index (κ3) is 14.0. The van der Waals surface area contributed by atoms with Crippen molar-refractivity contribution in [1.82, 2.24) is 0 Å². The lowest BCUT2D eigenvalue weighted by Crippen LogP contribution is -2.10. The van der Waals surface area contributed by atoms with Gasteiger partial charge in [0.15, 0.2) is 0 Å². The normalized spacial score (nSPS) is 10.3. The molecule has 8 heteroatoms. The molecule has 0 N–H and O–H groups in total. The summed E-state index contributed by atoms with van der Waals surface area (Å²) >= 11 is 2.96. The van der Waals surface area contributed by atoms with Gasteiger partial charge in [0.05, 0.1) is 52.2 Å². The maximum atomic E-state index is 10.8. The summed E-state index contributed by atoms with van der Waals surface area (Å²) in [6, 6.07) is 0. The second-order valence-corrected chi connectivity index (χ2v) is 5.69. The number of carbonyl (C=O) groups is 2. The van der Waals surface area contributed by atoms with Crippen molar-refractivity contribution < 1.29 is 28.5 Å². The Balaban J connectivity index is 3.06. The van der Waals surface area contributed by atoms with E-state index in [1.165, 1.54) is 37.7 Å². The van der Waals surface area contributed by atoms with Crippen LogP contribution in [0.4, 0.5) is 0 Å². The summed E-state index contributed by atoms with van der Waals surface area (Å²) in [5.74, 6) is 1.78. The molecule has 0 rings (SSSR count). The number of carbonyl (C=O) groups excluding carboxylic acids is 2. The SMILES string of the molecule is COC(=O)CSCCOCCOCCSCC(=O)OC. The predicted molar refractivity (Wildman–Crippen MR) is 80.3 cm³/mol. The third-order valence-electron chi connectivity index (χ3n) is 2.01. The Morgan fingerprint density at radius 1 is 0.750 bits per heavy atom. The second-order valence-electron chi connectivity index (χ2n) is 3.48. The molecule has 0 aliphatic carbocycles. The first-order chi connectivity index (χ1) is 9.70. The van der Waals surface area contributed by atoms with Crippen LogP contribution in [0.1, 0.15) is 0 Å². The first-order valence-electron chi connectivity index (χ1n) is 6.15. The minimum atomic E-state index is -0.220. The monoisotopic (exact) mass is 326 g/mol. The van der Waals surface area contributed by atoms with Crippen LogP contribution in [-0.4, -0.2) is 75.6 Å². The van der Waals surface area contributed by atoms with E-state index in [1.54, 1.807) is 0 Å². The molecule has 0 aromatic rings. The minimum absolute atomic E-state index is 0.220. The summed E-state index contributed by atoms with van der Waals surface area (Å²) in [5, 5.41) is 0. The maximum Gasteiger partial charge on any atom is 0.315 e. The third-order valence-corrected chi connectivity index (χ3v) is 3.80. The van der Waals surface area contributed by atoms with Gasteiger partial charge >= 0.3 is 11.9 Å². The lowest BCUT2D eigenvalue weighted by Gasteiger charge is -2.05. The average molecular weight is 326 g/mol. The Hall–Kier alpha value is -0.440. The van der Waals surface area contributed by atoms with Crippen LogP contribution in [0.3, 0.4) is 0 Å². The van der Waals surface area contributed by atoms with E-state index in [0.717, 1.165) is 11.5 Å². The van der Waals surface area contributed by atoms with Crippen molar-refractivity contribution in [1.29, 1.82) is 0 Å². The Bertz CT molecular complexity index is 236. The van der Waals surface area contributed by atoms with Crippen LogP contribution in [-0.2, 0) is 28.5 Å². The van der Waals surface area contributed by atoms with E-state index in [2.05, 4.69) is 9.47 Å². The van der Waals surface area contributed by atoms with Gasteiger partial charge in [0.2, 0.25) is 0 Å². The molecule has 0 saturated carbocycles. The highest BCUT2D eigenvalue weighted by Crippen LogP contribution is 2.01. The molecule has 0 atom stereocenters. The van der Waals surface area contributed by atoms with Crippen molar-refractivity contribution in [2.75, 3.05) is 63.7 Å². The van der Waals surface area contributed by atoms with E-state index in [1.807, 2.05) is 0 Å². The largest absolute Gasteiger partial charge is 0.468 e. The van der Waals surface area contributed by atoms with Crippen LogP contribution in [0.25, 0.3) is 0 Å². The summed E-state index contributed by atoms with van der Waals surface area (Å²) in [6.45, 7) is 2.23. The van der Waals surface area contributed by atoms with Crippen LogP contribution in [0.15, 0.2) is 0 Å². The van der Waals surface area contributed by atoms with E-state index >= 15 is 0 Å². The molecular formula is C12H22O6S2. The van der Waals surface area contributed by atoms with Gasteiger partial charge < -0.3 is 18.9 Å². The van der Waals surface area contributed by atoms with E-state index in [9.17, 15) is 9.59 Å². The second kappa shape index (κ2) is 15.0. The molecular weight excluding hydrogens is 304 g/mol. The minimum Gasteiger partial charge on any atom is -0.468 e. The standard InChI is InChI=1S/C12H22O6S2/c1-15-11(13)9-19-7-5-17-3-4-18-6-8-20-10-12(14)16-2/h3-10H2,1-2H3. The molecule has 0 aromatic heterocycles. The Labute approximate surface area is 128 Å². The lowest BCUT2D eigenvalue weighted by atomic mass is 10.7. The van der Waals surface area contributed by atoms with Crippen LogP contribution in [0.5, 0.6) is 0 Å². The highest BCUT2D eigenvalue weighted by atomic mass is 32.2. The topological polar surface area (TPSA) is 71.1 Å². The van der Waals surface area contributed by atoms with Crippen molar-refractivity contribution in [2.24, 2.45) is 0 Å². The summed E-state index contributed by atoms with van der Waals surface area (Å²) in [6.07, 6.45) is 0. The molecule has 0 heterocycles. The number of hydrogen-bond donors (Lipinski definition) is 0. The Morgan fingerprint density at radius 3 is 1.50 bits per heavy atom. The summed E-state index contributed by atoms with van der Waals surface area (Å²) in [4.78, 5) is 21.6. The zero-order valence-corrected chi connectivity index (χ0v) is 13.6. The highest BCUT2D eigenvalue weighted by molar-refractivity contribution is 8.00. The fourth-order valence-electron chi connectivity index (χ4n) is 0.987. The van der Waals surface area contributed by atoms with E-state index in [-0.39, 0.29) is 11.9 Å². The molecule has 6 nitrogen and oxygen atoms in total. The number of esters is 2. The van der Waals surface area contributed by atoms with Gasteiger partial charge in [-0.2, -0.15) is 0 Å². The quantitative estimate of drug-likeness (QED) is 0.364. The zero-order valence-electron chi connectivity index (χ0n) is 11.9. The van der Waals surface area contributed by atoms with Gasteiger partial charge in [-0.3, -0.25) is 9.59 Å². The van der Waals surface area contributed by atoms with Gasteiger partial charge in [0, 0.05) is 11.5 Å². The zero-order chi connectivity index (χ0) is 15.1. The lowest BCUT2D eigenvalue weighted by molar-refractivity contribution is -0.138. The fourth-order valence-corrected chi connectivity index (χ4v) is 2.32. The Morgan fingerprint density at radius 2 is 1.15 bits per heavy atom. The fraction of sp³-hybridized carbons (Fsp3) is 0.833. The van der Waals surface area contributed by atoms with Gasteiger partial charge in [-0.1, -0.05) is 0 Å². The molecule has 0 unspecified atom stereocenters. The number of ether oxygens (including phenoxy) is 4. The van der Waals surface area contributed by atoms with Gasteiger partial charge in [-0.25, -0.2) is 0 Å². The molecule has 0 spiro atoms. The van der Waals surface area contributed by atoms with Crippen LogP contribution >= 0.6 is 23.5 Å². The number of thioether (sulfide) groups is 2. The van der Waals surface area contributed by atoms with Gasteiger partial charge in [0.1, 0.15) is 0 Å². The number of rotatable bonds is 13. The predicted octanol–water partition coefficient (Wildman–Crippen LogP) is 0.832. The summed E-state index contributed by atoms with van der Waals surface area (Å²) in [5.41, 5.74) is 0. The van der Waals surface area contributed by atoms with Gasteiger partial charge in [0.25, 0.3) is 0 Å². The molecule has 0 radical (unpaired) electrons. The smallest absolute Gasteiger partial charge is 0.315 e. The van der Waals surface area contributed by atoms with Crippen LogP contribution in [0, 0.1) is 0 Å². The molecule has 0 aliphatic heterocycles. The first kappa shape index (κ1) is 19.6. The van der Waals surface area contributed by atoms with E-state index < -0.39 is 0 Å². The van der Waals surface area contributed by atoms with Gasteiger partial charge in [-0.05, 0) is 0 Å². The van der Waals surface area contributed by atoms with Crippen LogP contribution < -0.4 is 0 Å². The van der Waals surface area contributed by atoms with Crippen molar-refractivity contribution in [3.05, 3.63) is 0 Å². The summed E-state index contributed by atoms with van der Waals surface area (Å²) in [7, 11) is 2.75. The van der Waals surface area contributed by atoms with Crippen molar-refractivity contribution in [3.63, 3.8) is 0 Å². The van der Waals surface area contributed by atoms with E-state index in [0.29, 0.717) is 37.9 Å². The van der Waals surface area contributed by atoms with Crippen molar-refractivity contribution in [2.45, 2.75) is 0 Å². The molecule has 118 valence electrons. The molecule has 0 fully saturated rings. The average Bonchev–Trinajstić information content (AvgIpc) is 2.47. The van der Waals surface area contributed by atoms with Crippen molar-refractivity contribution in [3.8, 4) is 0 Å². The van der Waals surface area contributed by atoms with Gasteiger partial charge in [-0.15, -0.1) is 23.5 Å². The summed E-state index contributed by atoms with van der Waals surface area (Å²) < 4.78 is 19.7. The molecule has 20 heavy (non-hydrogen) atoms. The highest BCUT2D eigenvalue weighted by Gasteiger charge is 2.00. The number of methoxy groups -OCH3 is 2. The number of hydrogen-bond acceptors (Lipinski definition) is 8.